The van der Waals surface area contributed by atoms with Crippen molar-refractivity contribution in [3.8, 4) is 0 Å². The summed E-state index contributed by atoms with van der Waals surface area (Å²) in [5.74, 6) is 2.31. The molecule has 0 aliphatic heterocycles. The third kappa shape index (κ3) is 2.87. The van der Waals surface area contributed by atoms with E-state index < -0.39 is 0 Å². The predicted octanol–water partition coefficient (Wildman–Crippen LogP) is 3.34. The lowest BCUT2D eigenvalue weighted by atomic mass is 9.53. The highest BCUT2D eigenvalue weighted by atomic mass is 16.2. The first-order valence-corrected chi connectivity index (χ1v) is 8.71. The van der Waals surface area contributed by atoms with E-state index in [0.29, 0.717) is 11.3 Å². The minimum Gasteiger partial charge on any atom is -0.347 e. The van der Waals surface area contributed by atoms with Crippen molar-refractivity contribution in [2.24, 2.45) is 17.8 Å². The molecule has 4 fully saturated rings. The van der Waals surface area contributed by atoms with Gasteiger partial charge in [0.2, 0.25) is 5.91 Å². The Morgan fingerprint density at radius 2 is 1.65 bits per heavy atom. The van der Waals surface area contributed by atoms with Crippen molar-refractivity contribution < 1.29 is 9.59 Å². The summed E-state index contributed by atoms with van der Waals surface area (Å²) in [6.45, 7) is 1.47. The van der Waals surface area contributed by atoms with E-state index in [1.54, 1.807) is 6.07 Å². The molecule has 4 aliphatic carbocycles. The molecule has 2 amide bonds. The second-order valence-corrected chi connectivity index (χ2v) is 7.91. The standard InChI is InChI=1S/C19H24N2O2/c1-12(22)20-17-4-2-3-16(8-17)18(23)21-19-9-13-5-14(10-19)7-15(6-13)11-19/h2-4,8,13-15H,5-7,9-11H2,1H3,(H,20,22)(H,21,23). The van der Waals surface area contributed by atoms with Crippen molar-refractivity contribution >= 4 is 17.5 Å². The molecule has 122 valence electrons. The zero-order chi connectivity index (χ0) is 16.0. The molecule has 2 N–H and O–H groups in total. The van der Waals surface area contributed by atoms with Gasteiger partial charge in [-0.25, -0.2) is 0 Å². The highest BCUT2D eigenvalue weighted by Crippen LogP contribution is 2.55. The molecule has 5 rings (SSSR count). The molecule has 1 aromatic rings. The SMILES string of the molecule is CC(=O)Nc1cccc(C(=O)NC23CC4CC(CC(C4)C2)C3)c1. The summed E-state index contributed by atoms with van der Waals surface area (Å²) in [6, 6.07) is 7.21. The summed E-state index contributed by atoms with van der Waals surface area (Å²) in [4.78, 5) is 23.9. The van der Waals surface area contributed by atoms with Gasteiger partial charge < -0.3 is 10.6 Å². The number of benzene rings is 1. The van der Waals surface area contributed by atoms with Crippen molar-refractivity contribution in [2.75, 3.05) is 5.32 Å². The van der Waals surface area contributed by atoms with E-state index in [1.807, 2.05) is 18.2 Å². The lowest BCUT2D eigenvalue weighted by Crippen LogP contribution is -2.59. The zero-order valence-corrected chi connectivity index (χ0v) is 13.6. The van der Waals surface area contributed by atoms with Gasteiger partial charge in [-0.1, -0.05) is 6.07 Å². The second kappa shape index (κ2) is 5.36. The minimum absolute atomic E-state index is 0.000785. The van der Waals surface area contributed by atoms with Crippen molar-refractivity contribution in [1.82, 2.24) is 5.32 Å². The Morgan fingerprint density at radius 3 is 2.22 bits per heavy atom. The quantitative estimate of drug-likeness (QED) is 0.899. The van der Waals surface area contributed by atoms with Crippen LogP contribution < -0.4 is 10.6 Å². The summed E-state index contributed by atoms with van der Waals surface area (Å²) in [7, 11) is 0. The van der Waals surface area contributed by atoms with Crippen LogP contribution >= 0.6 is 0 Å². The molecule has 4 heteroatoms. The normalized spacial score (nSPS) is 34.2. The van der Waals surface area contributed by atoms with Crippen LogP contribution in [0.3, 0.4) is 0 Å². The molecular formula is C19H24N2O2. The highest BCUT2D eigenvalue weighted by molar-refractivity contribution is 5.97. The number of carbonyl (C=O) groups excluding carboxylic acids is 2. The largest absolute Gasteiger partial charge is 0.347 e. The predicted molar refractivity (Wildman–Crippen MR) is 89.1 cm³/mol. The Bertz CT molecular complexity index is 617. The minimum atomic E-state index is -0.122. The monoisotopic (exact) mass is 312 g/mol. The van der Waals surface area contributed by atoms with Crippen molar-refractivity contribution in [1.29, 1.82) is 0 Å². The Hall–Kier alpha value is -1.84. The molecule has 0 spiro atoms. The van der Waals surface area contributed by atoms with Crippen LogP contribution in [-0.4, -0.2) is 17.4 Å². The van der Waals surface area contributed by atoms with Crippen LogP contribution in [0.4, 0.5) is 5.69 Å². The van der Waals surface area contributed by atoms with Gasteiger partial charge in [0.1, 0.15) is 0 Å². The molecule has 4 aliphatic rings. The van der Waals surface area contributed by atoms with E-state index in [4.69, 9.17) is 0 Å². The molecular weight excluding hydrogens is 288 g/mol. The van der Waals surface area contributed by atoms with E-state index in [9.17, 15) is 9.59 Å². The number of rotatable bonds is 3. The first-order valence-electron chi connectivity index (χ1n) is 8.71. The van der Waals surface area contributed by atoms with Gasteiger partial charge in [0.25, 0.3) is 5.91 Å². The Morgan fingerprint density at radius 1 is 1.04 bits per heavy atom. The average Bonchev–Trinajstić information content (AvgIpc) is 2.44. The maximum absolute atomic E-state index is 12.7. The highest BCUT2D eigenvalue weighted by Gasteiger charge is 2.51. The van der Waals surface area contributed by atoms with Gasteiger partial charge >= 0.3 is 0 Å². The topological polar surface area (TPSA) is 58.2 Å². The molecule has 0 aromatic heterocycles. The molecule has 4 nitrogen and oxygen atoms in total. The Balaban J connectivity index is 1.51. The second-order valence-electron chi connectivity index (χ2n) is 7.91. The first-order chi connectivity index (χ1) is 11.0. The van der Waals surface area contributed by atoms with Gasteiger partial charge in [-0.3, -0.25) is 9.59 Å². The van der Waals surface area contributed by atoms with E-state index in [1.165, 1.54) is 26.2 Å². The van der Waals surface area contributed by atoms with Crippen molar-refractivity contribution in [2.45, 2.75) is 51.0 Å². The molecule has 0 heterocycles. The van der Waals surface area contributed by atoms with Crippen LogP contribution in [0.2, 0.25) is 0 Å². The first kappa shape index (κ1) is 14.7. The van der Waals surface area contributed by atoms with Crippen LogP contribution in [-0.2, 0) is 4.79 Å². The number of hydrogen-bond acceptors (Lipinski definition) is 2. The summed E-state index contributed by atoms with van der Waals surface area (Å²) in [6.07, 6.45) is 7.55. The number of hydrogen-bond donors (Lipinski definition) is 2. The zero-order valence-electron chi connectivity index (χ0n) is 13.6. The molecule has 23 heavy (non-hydrogen) atoms. The van der Waals surface area contributed by atoms with Crippen LogP contribution in [0.5, 0.6) is 0 Å². The summed E-state index contributed by atoms with van der Waals surface area (Å²) in [5, 5.41) is 6.11. The number of carbonyl (C=O) groups is 2. The van der Waals surface area contributed by atoms with Crippen LogP contribution in [0.1, 0.15) is 55.8 Å². The Kier molecular flexibility index (Phi) is 3.43. The molecule has 0 radical (unpaired) electrons. The molecule has 1 aromatic carbocycles. The molecule has 0 unspecified atom stereocenters. The van der Waals surface area contributed by atoms with Crippen LogP contribution in [0.15, 0.2) is 24.3 Å². The van der Waals surface area contributed by atoms with Crippen LogP contribution in [0, 0.1) is 17.8 Å². The fourth-order valence-corrected chi connectivity index (χ4v) is 5.52. The number of anilines is 1. The fourth-order valence-electron chi connectivity index (χ4n) is 5.52. The van der Waals surface area contributed by atoms with Gasteiger partial charge in [-0.05, 0) is 74.5 Å². The van der Waals surface area contributed by atoms with Gasteiger partial charge in [0, 0.05) is 23.7 Å². The summed E-state index contributed by atoms with van der Waals surface area (Å²) >= 11 is 0. The van der Waals surface area contributed by atoms with Gasteiger partial charge in [0.15, 0.2) is 0 Å². The van der Waals surface area contributed by atoms with Crippen molar-refractivity contribution in [3.05, 3.63) is 29.8 Å². The lowest BCUT2D eigenvalue weighted by molar-refractivity contribution is -0.114. The van der Waals surface area contributed by atoms with E-state index in [-0.39, 0.29) is 17.4 Å². The third-order valence-corrected chi connectivity index (χ3v) is 5.86. The molecule has 0 saturated heterocycles. The van der Waals surface area contributed by atoms with Gasteiger partial charge in [-0.15, -0.1) is 0 Å². The lowest BCUT2D eigenvalue weighted by Gasteiger charge is -2.56. The molecule has 4 bridgehead atoms. The van der Waals surface area contributed by atoms with Crippen molar-refractivity contribution in [3.63, 3.8) is 0 Å². The number of amides is 2. The number of nitrogens with one attached hydrogen (secondary N) is 2. The van der Waals surface area contributed by atoms with Gasteiger partial charge in [0.05, 0.1) is 0 Å². The third-order valence-electron chi connectivity index (χ3n) is 5.86. The van der Waals surface area contributed by atoms with E-state index in [0.717, 1.165) is 37.0 Å². The maximum atomic E-state index is 12.7. The molecule has 0 atom stereocenters. The van der Waals surface area contributed by atoms with E-state index in [2.05, 4.69) is 10.6 Å². The van der Waals surface area contributed by atoms with E-state index >= 15 is 0 Å². The summed E-state index contributed by atoms with van der Waals surface area (Å²) in [5.41, 5.74) is 1.33. The van der Waals surface area contributed by atoms with Gasteiger partial charge in [-0.2, -0.15) is 0 Å². The van der Waals surface area contributed by atoms with Crippen LogP contribution in [0.25, 0.3) is 0 Å². The fraction of sp³-hybridized carbons (Fsp3) is 0.579. The summed E-state index contributed by atoms with van der Waals surface area (Å²) < 4.78 is 0. The Labute approximate surface area is 137 Å². The average molecular weight is 312 g/mol. The molecule has 4 saturated carbocycles. The smallest absolute Gasteiger partial charge is 0.251 e. The maximum Gasteiger partial charge on any atom is 0.251 e.